The maximum absolute atomic E-state index is 14.3. The lowest BCUT2D eigenvalue weighted by molar-refractivity contribution is -0.125. The summed E-state index contributed by atoms with van der Waals surface area (Å²) in [5.74, 6) is -0.572. The van der Waals surface area contributed by atoms with Crippen LogP contribution in [0.4, 0.5) is 15.8 Å². The van der Waals surface area contributed by atoms with Gasteiger partial charge in [-0.1, -0.05) is 43.5 Å². The van der Waals surface area contributed by atoms with Gasteiger partial charge in [0.15, 0.2) is 0 Å². The minimum absolute atomic E-state index is 0.114. The lowest BCUT2D eigenvalue weighted by Crippen LogP contribution is -2.59. The van der Waals surface area contributed by atoms with E-state index in [1.807, 2.05) is 30.5 Å². The zero-order valence-corrected chi connectivity index (χ0v) is 22.7. The molecule has 202 valence electrons. The van der Waals surface area contributed by atoms with Gasteiger partial charge in [0.1, 0.15) is 11.9 Å². The molecule has 5 rings (SSSR count). The molecule has 2 heterocycles. The van der Waals surface area contributed by atoms with E-state index >= 15 is 0 Å². The molecule has 1 saturated heterocycles. The monoisotopic (exact) mass is 546 g/mol. The van der Waals surface area contributed by atoms with Crippen LogP contribution in [0, 0.1) is 19.3 Å². The van der Waals surface area contributed by atoms with Crippen LogP contribution in [-0.4, -0.2) is 36.2 Å². The van der Waals surface area contributed by atoms with E-state index in [1.165, 1.54) is 50.7 Å². The van der Waals surface area contributed by atoms with E-state index in [4.69, 9.17) is 6.57 Å². The largest absolute Gasteiger partial charge is 0.305 e. The van der Waals surface area contributed by atoms with Crippen LogP contribution in [-0.2, 0) is 21.4 Å². The molecule has 1 atom stereocenters. The Morgan fingerprint density at radius 2 is 1.85 bits per heavy atom. The van der Waals surface area contributed by atoms with Crippen LogP contribution < -0.4 is 4.90 Å². The molecule has 7 nitrogen and oxygen atoms in total. The standard InChI is InChI=1S/C30H31FN4O3S/c1-21-17-27(32-2)29(18-26(21)31)39(37,38)35-16-15-28(35)30(36)34(25-11-7-4-8-12-25)20-24-14-13-23(19-33-24)22-9-5-3-6-10-22/h4,7-8,11-14,17-19,22,28H,3,5-6,9-10,15-16,20H2,1H3/t28-/m1/s1. The molecule has 1 aliphatic carbocycles. The minimum atomic E-state index is -4.27. The third kappa shape index (κ3) is 5.45. The number of para-hydroxylation sites is 1. The first-order valence-electron chi connectivity index (χ1n) is 13.3. The molecule has 1 amide bonds. The van der Waals surface area contributed by atoms with Crippen molar-refractivity contribution in [3.05, 3.63) is 94.8 Å². The number of aryl methyl sites for hydroxylation is 1. The average molecular weight is 547 g/mol. The maximum atomic E-state index is 14.3. The molecule has 0 spiro atoms. The topological polar surface area (TPSA) is 74.9 Å². The van der Waals surface area contributed by atoms with Gasteiger partial charge in [0.05, 0.1) is 23.7 Å². The number of hydrogen-bond donors (Lipinski definition) is 0. The number of hydrogen-bond acceptors (Lipinski definition) is 4. The van der Waals surface area contributed by atoms with E-state index in [1.54, 1.807) is 17.0 Å². The highest BCUT2D eigenvalue weighted by atomic mass is 32.2. The third-order valence-corrected chi connectivity index (χ3v) is 9.72. The number of sulfonamides is 1. The van der Waals surface area contributed by atoms with Crippen molar-refractivity contribution < 1.29 is 17.6 Å². The van der Waals surface area contributed by atoms with Crippen molar-refractivity contribution in [3.8, 4) is 0 Å². The second-order valence-electron chi connectivity index (χ2n) is 10.3. The molecule has 1 aromatic heterocycles. The van der Waals surface area contributed by atoms with Gasteiger partial charge < -0.3 is 4.90 Å². The predicted octanol–water partition coefficient (Wildman–Crippen LogP) is 6.12. The molecule has 3 aromatic rings. The molecule has 0 radical (unpaired) electrons. The molecule has 2 fully saturated rings. The van der Waals surface area contributed by atoms with Crippen molar-refractivity contribution in [1.29, 1.82) is 0 Å². The fourth-order valence-corrected chi connectivity index (χ4v) is 7.17. The Labute approximate surface area is 229 Å². The lowest BCUT2D eigenvalue weighted by Gasteiger charge is -2.41. The molecule has 0 N–H and O–H groups in total. The number of carbonyl (C=O) groups excluding carboxylic acids is 1. The molecule has 1 aliphatic heterocycles. The summed E-state index contributed by atoms with van der Waals surface area (Å²) >= 11 is 0. The number of aromatic nitrogens is 1. The summed E-state index contributed by atoms with van der Waals surface area (Å²) in [6.07, 6.45) is 8.31. The average Bonchev–Trinajstić information content (AvgIpc) is 2.93. The van der Waals surface area contributed by atoms with E-state index in [0.717, 1.165) is 10.4 Å². The summed E-state index contributed by atoms with van der Waals surface area (Å²) < 4.78 is 42.4. The Morgan fingerprint density at radius 3 is 2.46 bits per heavy atom. The lowest BCUT2D eigenvalue weighted by atomic mass is 9.85. The van der Waals surface area contributed by atoms with Crippen LogP contribution >= 0.6 is 0 Å². The van der Waals surface area contributed by atoms with Gasteiger partial charge in [0, 0.05) is 18.4 Å². The SMILES string of the molecule is [C-]#[N+]c1cc(C)c(F)cc1S(=O)(=O)N1CC[C@@H]1C(=O)N(Cc1ccc(C2CCCCC2)cn1)c1ccccc1. The van der Waals surface area contributed by atoms with Gasteiger partial charge in [-0.15, -0.1) is 0 Å². The van der Waals surface area contributed by atoms with Crippen LogP contribution in [0.3, 0.4) is 0 Å². The highest BCUT2D eigenvalue weighted by Crippen LogP contribution is 2.36. The third-order valence-electron chi connectivity index (χ3n) is 7.78. The Kier molecular flexibility index (Phi) is 7.78. The van der Waals surface area contributed by atoms with Gasteiger partial charge in [0.25, 0.3) is 0 Å². The molecule has 39 heavy (non-hydrogen) atoms. The predicted molar refractivity (Wildman–Crippen MR) is 147 cm³/mol. The van der Waals surface area contributed by atoms with E-state index in [0.29, 0.717) is 23.7 Å². The van der Waals surface area contributed by atoms with Crippen LogP contribution in [0.1, 0.15) is 61.3 Å². The number of rotatable bonds is 7. The summed E-state index contributed by atoms with van der Waals surface area (Å²) in [4.78, 5) is 23.0. The van der Waals surface area contributed by atoms with Crippen molar-refractivity contribution >= 4 is 27.3 Å². The number of halogens is 1. The zero-order chi connectivity index (χ0) is 27.6. The first kappa shape index (κ1) is 27.0. The Hall–Kier alpha value is -3.61. The fourth-order valence-electron chi connectivity index (χ4n) is 5.42. The van der Waals surface area contributed by atoms with Crippen LogP contribution in [0.25, 0.3) is 4.85 Å². The second-order valence-corrected chi connectivity index (χ2v) is 12.1. The summed E-state index contributed by atoms with van der Waals surface area (Å²) in [7, 11) is -4.27. The first-order valence-corrected chi connectivity index (χ1v) is 14.7. The molecule has 0 bridgehead atoms. The first-order chi connectivity index (χ1) is 18.8. The van der Waals surface area contributed by atoms with E-state index in [-0.39, 0.29) is 30.2 Å². The normalized spacial score (nSPS) is 18.2. The number of amides is 1. The van der Waals surface area contributed by atoms with Crippen LogP contribution in [0.2, 0.25) is 0 Å². The van der Waals surface area contributed by atoms with Gasteiger partial charge in [-0.2, -0.15) is 4.31 Å². The van der Waals surface area contributed by atoms with Crippen molar-refractivity contribution in [1.82, 2.24) is 9.29 Å². The molecular formula is C30H31FN4O3S. The molecule has 9 heteroatoms. The highest BCUT2D eigenvalue weighted by molar-refractivity contribution is 7.89. The summed E-state index contributed by atoms with van der Waals surface area (Å²) in [6, 6.07) is 14.3. The van der Waals surface area contributed by atoms with Crippen molar-refractivity contribution in [2.45, 2.75) is 68.8 Å². The zero-order valence-electron chi connectivity index (χ0n) is 21.9. The van der Waals surface area contributed by atoms with Gasteiger partial charge in [-0.25, -0.2) is 17.7 Å². The molecule has 0 unspecified atom stereocenters. The van der Waals surface area contributed by atoms with E-state index < -0.39 is 26.8 Å². The quantitative estimate of drug-likeness (QED) is 0.335. The number of carbonyl (C=O) groups is 1. The Bertz CT molecular complexity index is 1500. The van der Waals surface area contributed by atoms with Crippen LogP contribution in [0.15, 0.2) is 65.7 Å². The Balaban J connectivity index is 1.41. The second kappa shape index (κ2) is 11.2. The van der Waals surface area contributed by atoms with Gasteiger partial charge >= 0.3 is 0 Å². The molecule has 2 aromatic carbocycles. The Morgan fingerprint density at radius 1 is 1.10 bits per heavy atom. The van der Waals surface area contributed by atoms with Crippen molar-refractivity contribution in [3.63, 3.8) is 0 Å². The number of nitrogens with zero attached hydrogens (tertiary/aromatic N) is 4. The smallest absolute Gasteiger partial charge is 0.245 e. The van der Waals surface area contributed by atoms with Gasteiger partial charge in [-0.05, 0) is 73.6 Å². The summed E-state index contributed by atoms with van der Waals surface area (Å²) in [6.45, 7) is 9.18. The summed E-state index contributed by atoms with van der Waals surface area (Å²) in [5, 5.41) is 0. The highest BCUT2D eigenvalue weighted by Gasteiger charge is 2.45. The molecule has 2 aliphatic rings. The maximum Gasteiger partial charge on any atom is 0.245 e. The van der Waals surface area contributed by atoms with Gasteiger partial charge in [-0.3, -0.25) is 9.78 Å². The van der Waals surface area contributed by atoms with Gasteiger partial charge in [0.2, 0.25) is 21.6 Å². The van der Waals surface area contributed by atoms with E-state index in [9.17, 15) is 17.6 Å². The summed E-state index contributed by atoms with van der Waals surface area (Å²) in [5.41, 5.74) is 2.58. The number of benzene rings is 2. The fraction of sp³-hybridized carbons (Fsp3) is 0.367. The number of anilines is 1. The van der Waals surface area contributed by atoms with E-state index in [2.05, 4.69) is 15.9 Å². The van der Waals surface area contributed by atoms with Crippen LogP contribution in [0.5, 0.6) is 0 Å². The molecule has 1 saturated carbocycles. The van der Waals surface area contributed by atoms with Crippen molar-refractivity contribution in [2.75, 3.05) is 11.4 Å². The number of pyridine rings is 1. The van der Waals surface area contributed by atoms with Crippen molar-refractivity contribution in [2.24, 2.45) is 0 Å². The minimum Gasteiger partial charge on any atom is -0.305 e. The molecular weight excluding hydrogens is 515 g/mol.